The molecule has 0 atom stereocenters. The van der Waals surface area contributed by atoms with Gasteiger partial charge in [0.1, 0.15) is 20.8 Å². The van der Waals surface area contributed by atoms with Crippen LogP contribution in [0, 0.1) is 0 Å². The van der Waals surface area contributed by atoms with Gasteiger partial charge in [0.25, 0.3) is 0 Å². The lowest BCUT2D eigenvalue weighted by molar-refractivity contribution is -0.510. The molecule has 4 heteroatoms. The van der Waals surface area contributed by atoms with E-state index in [4.69, 9.17) is 9.47 Å². The molecule has 0 N–H and O–H groups in total. The largest absolute Gasteiger partial charge is 0.454 e. The van der Waals surface area contributed by atoms with Crippen LogP contribution in [0.5, 0.6) is 11.5 Å². The highest BCUT2D eigenvalue weighted by molar-refractivity contribution is 6.76. The molecule has 2 aliphatic heterocycles. The van der Waals surface area contributed by atoms with Gasteiger partial charge in [0.05, 0.1) is 0 Å². The molecule has 0 saturated carbocycles. The maximum atomic E-state index is 5.64. The lowest BCUT2D eigenvalue weighted by Crippen LogP contribution is -2.38. The molecule has 3 nitrogen and oxygen atoms in total. The van der Waals surface area contributed by atoms with Gasteiger partial charge in [0.15, 0.2) is 17.2 Å². The summed E-state index contributed by atoms with van der Waals surface area (Å²) in [6.45, 7) is 11.2. The molecule has 3 aliphatic rings. The second-order valence-corrected chi connectivity index (χ2v) is 13.6. The van der Waals surface area contributed by atoms with Crippen LogP contribution >= 0.6 is 0 Å². The van der Waals surface area contributed by atoms with Crippen molar-refractivity contribution in [2.45, 2.75) is 45.8 Å². The molecular formula is C19H26NO2Si+. The van der Waals surface area contributed by atoms with Crippen molar-refractivity contribution in [2.24, 2.45) is 0 Å². The van der Waals surface area contributed by atoms with Crippen molar-refractivity contribution >= 4 is 19.4 Å². The van der Waals surface area contributed by atoms with Crippen LogP contribution in [0.1, 0.15) is 30.9 Å². The first-order valence-electron chi connectivity index (χ1n) is 8.66. The Bertz CT molecular complexity index is 740. The summed E-state index contributed by atoms with van der Waals surface area (Å²) in [6.07, 6.45) is 4.73. The molecule has 0 radical (unpaired) electrons. The van der Waals surface area contributed by atoms with Crippen LogP contribution in [0.2, 0.25) is 19.6 Å². The molecule has 2 heterocycles. The Morgan fingerprint density at radius 1 is 1.04 bits per heavy atom. The minimum Gasteiger partial charge on any atom is -0.454 e. The van der Waals surface area contributed by atoms with Crippen LogP contribution < -0.4 is 9.47 Å². The van der Waals surface area contributed by atoms with E-state index in [1.807, 2.05) is 0 Å². The molecule has 1 aromatic carbocycles. The van der Waals surface area contributed by atoms with Gasteiger partial charge in [-0.3, -0.25) is 0 Å². The van der Waals surface area contributed by atoms with Crippen molar-refractivity contribution in [3.8, 4) is 11.5 Å². The van der Waals surface area contributed by atoms with E-state index >= 15 is 0 Å². The summed E-state index contributed by atoms with van der Waals surface area (Å²) in [5.41, 5.74) is 7.40. The van der Waals surface area contributed by atoms with Gasteiger partial charge in [-0.25, -0.2) is 4.58 Å². The summed E-state index contributed by atoms with van der Waals surface area (Å²) in [5, 5.41) is 0. The quantitative estimate of drug-likeness (QED) is 0.607. The van der Waals surface area contributed by atoms with Gasteiger partial charge >= 0.3 is 0 Å². The third kappa shape index (κ3) is 2.63. The summed E-state index contributed by atoms with van der Waals surface area (Å²) in [7, 11) is -1.14. The Labute approximate surface area is 139 Å². The average Bonchev–Trinajstić information content (AvgIpc) is 3.03. The zero-order valence-electron chi connectivity index (χ0n) is 14.7. The summed E-state index contributed by atoms with van der Waals surface area (Å²) < 4.78 is 13.9. The zero-order valence-corrected chi connectivity index (χ0v) is 15.7. The van der Waals surface area contributed by atoms with Crippen LogP contribution in [-0.4, -0.2) is 37.9 Å². The Morgan fingerprint density at radius 2 is 1.78 bits per heavy atom. The average molecular weight is 329 g/mol. The fraction of sp³-hybridized carbons (Fsp3) is 0.526. The zero-order chi connectivity index (χ0) is 16.2. The van der Waals surface area contributed by atoms with Crippen molar-refractivity contribution in [3.05, 3.63) is 28.8 Å². The van der Waals surface area contributed by atoms with Gasteiger partial charge in [-0.05, 0) is 36.6 Å². The molecule has 0 saturated heterocycles. The van der Waals surface area contributed by atoms with Crippen molar-refractivity contribution in [2.75, 3.05) is 19.5 Å². The van der Waals surface area contributed by atoms with E-state index in [1.165, 1.54) is 41.3 Å². The molecule has 0 spiro atoms. The van der Waals surface area contributed by atoms with Crippen LogP contribution in [0.25, 0.3) is 5.57 Å². The second-order valence-electron chi connectivity index (χ2n) is 8.20. The van der Waals surface area contributed by atoms with Crippen LogP contribution in [0.4, 0.5) is 0 Å². The maximum absolute atomic E-state index is 5.64. The summed E-state index contributed by atoms with van der Waals surface area (Å²) >= 11 is 0. The topological polar surface area (TPSA) is 21.5 Å². The third-order valence-corrected chi connectivity index (χ3v) is 6.35. The molecule has 1 aromatic rings. The predicted octanol–water partition coefficient (Wildman–Crippen LogP) is 3.87. The third-order valence-electron chi connectivity index (χ3n) is 5.02. The molecule has 0 aromatic heterocycles. The molecule has 4 rings (SSSR count). The van der Waals surface area contributed by atoms with Gasteiger partial charge in [-0.15, -0.1) is 0 Å². The van der Waals surface area contributed by atoms with Gasteiger partial charge in [0, 0.05) is 18.4 Å². The van der Waals surface area contributed by atoms with E-state index < -0.39 is 8.07 Å². The molecular weight excluding hydrogens is 302 g/mol. The normalized spacial score (nSPS) is 19.8. The highest BCUT2D eigenvalue weighted by Crippen LogP contribution is 2.42. The van der Waals surface area contributed by atoms with E-state index in [-0.39, 0.29) is 0 Å². The van der Waals surface area contributed by atoms with Crippen molar-refractivity contribution in [1.29, 1.82) is 0 Å². The standard InChI is InChI=1S/C19H26NO2Si/c1-13-5-6-16-19(13)15-10-18-17(21-12-22-18)9-14(15)7-8-20(16)11-23(2,3)4/h9-10H,5-8,11-12H2,1-4H3/q+1. The minimum atomic E-state index is -1.14. The van der Waals surface area contributed by atoms with E-state index in [0.29, 0.717) is 6.79 Å². The maximum Gasteiger partial charge on any atom is 0.231 e. The van der Waals surface area contributed by atoms with Crippen LogP contribution in [0.3, 0.4) is 0 Å². The monoisotopic (exact) mass is 328 g/mol. The molecule has 0 bridgehead atoms. The Kier molecular flexibility index (Phi) is 3.41. The van der Waals surface area contributed by atoms with Crippen molar-refractivity contribution in [3.63, 3.8) is 0 Å². The fourth-order valence-electron chi connectivity index (χ4n) is 4.06. The highest BCUT2D eigenvalue weighted by Gasteiger charge is 2.35. The number of allylic oxidation sites excluding steroid dienone is 2. The van der Waals surface area contributed by atoms with Crippen molar-refractivity contribution < 1.29 is 14.0 Å². The predicted molar refractivity (Wildman–Crippen MR) is 96.4 cm³/mol. The van der Waals surface area contributed by atoms with Crippen LogP contribution in [0.15, 0.2) is 17.7 Å². The number of nitrogens with zero attached hydrogens (tertiary/aromatic N) is 1. The summed E-state index contributed by atoms with van der Waals surface area (Å²) in [4.78, 5) is 0. The Morgan fingerprint density at radius 3 is 2.52 bits per heavy atom. The number of rotatable bonds is 2. The molecule has 0 amide bonds. The highest BCUT2D eigenvalue weighted by atomic mass is 28.3. The smallest absolute Gasteiger partial charge is 0.231 e. The van der Waals surface area contributed by atoms with Gasteiger partial charge < -0.3 is 9.47 Å². The fourth-order valence-corrected chi connectivity index (χ4v) is 5.56. The van der Waals surface area contributed by atoms with Gasteiger partial charge in [-0.2, -0.15) is 0 Å². The number of hydrogen-bond donors (Lipinski definition) is 0. The van der Waals surface area contributed by atoms with E-state index in [1.54, 1.807) is 5.71 Å². The summed E-state index contributed by atoms with van der Waals surface area (Å²) in [6, 6.07) is 4.44. The first-order valence-corrected chi connectivity index (χ1v) is 12.4. The Balaban J connectivity index is 1.85. The SMILES string of the molecule is CC1=C2C(=[N+](C[Si](C)(C)C)CCc3cc4c(cc32)OCO4)CC1. The van der Waals surface area contributed by atoms with E-state index in [2.05, 4.69) is 43.3 Å². The van der Waals surface area contributed by atoms with Crippen molar-refractivity contribution in [1.82, 2.24) is 0 Å². The first-order chi connectivity index (χ1) is 10.9. The number of fused-ring (bicyclic) bond motifs is 4. The van der Waals surface area contributed by atoms with E-state index in [0.717, 1.165) is 24.5 Å². The number of benzene rings is 1. The number of ether oxygens (including phenoxy) is 2. The van der Waals surface area contributed by atoms with Crippen LogP contribution in [-0.2, 0) is 6.42 Å². The molecule has 0 unspecified atom stereocenters. The molecule has 0 fully saturated rings. The Hall–Kier alpha value is -1.55. The summed E-state index contributed by atoms with van der Waals surface area (Å²) in [5.74, 6) is 1.83. The lowest BCUT2D eigenvalue weighted by atomic mass is 9.95. The first kappa shape index (κ1) is 15.0. The second kappa shape index (κ2) is 5.23. The molecule has 23 heavy (non-hydrogen) atoms. The molecule has 1 aliphatic carbocycles. The minimum absolute atomic E-state index is 0.356. The van der Waals surface area contributed by atoms with E-state index in [9.17, 15) is 0 Å². The number of hydrogen-bond acceptors (Lipinski definition) is 2. The lowest BCUT2D eigenvalue weighted by Gasteiger charge is -2.15. The molecule has 122 valence electrons. The van der Waals surface area contributed by atoms with Gasteiger partial charge in [-0.1, -0.05) is 25.2 Å². The van der Waals surface area contributed by atoms with Gasteiger partial charge in [0.2, 0.25) is 6.79 Å².